The van der Waals surface area contributed by atoms with E-state index in [0.29, 0.717) is 24.9 Å². The highest BCUT2D eigenvalue weighted by atomic mass is 16.5. The minimum absolute atomic E-state index is 0.0256. The van der Waals surface area contributed by atoms with Crippen LogP contribution in [0.25, 0.3) is 0 Å². The molecule has 0 aromatic heterocycles. The molecule has 1 saturated heterocycles. The summed E-state index contributed by atoms with van der Waals surface area (Å²) in [6, 6.07) is 6.39. The van der Waals surface area contributed by atoms with Crippen molar-refractivity contribution in [3.05, 3.63) is 47.2 Å². The van der Waals surface area contributed by atoms with Gasteiger partial charge in [-0.2, -0.15) is 0 Å². The predicted octanol–water partition coefficient (Wildman–Crippen LogP) is 3.16. The molecule has 6 nitrogen and oxygen atoms in total. The molecular formula is C25H35N3O3. The van der Waals surface area contributed by atoms with Crippen molar-refractivity contribution in [1.82, 2.24) is 15.5 Å². The van der Waals surface area contributed by atoms with E-state index in [-0.39, 0.29) is 11.8 Å². The van der Waals surface area contributed by atoms with E-state index >= 15 is 0 Å². The smallest absolute Gasteiger partial charge is 0.255 e. The molecular weight excluding hydrogens is 390 g/mol. The number of piperidine rings is 1. The molecule has 2 heterocycles. The van der Waals surface area contributed by atoms with Gasteiger partial charge in [0.1, 0.15) is 6.04 Å². The third-order valence-corrected chi connectivity index (χ3v) is 6.96. The second kappa shape index (κ2) is 9.96. The van der Waals surface area contributed by atoms with Gasteiger partial charge in [0.25, 0.3) is 5.91 Å². The fraction of sp³-hybridized carbons (Fsp3) is 0.600. The lowest BCUT2D eigenvalue weighted by atomic mass is 9.80. The third kappa shape index (κ3) is 5.01. The van der Waals surface area contributed by atoms with Crippen LogP contribution in [0.15, 0.2) is 30.5 Å². The molecule has 2 amide bonds. The number of nitrogens with one attached hydrogen (secondary N) is 2. The Morgan fingerprint density at radius 2 is 2.06 bits per heavy atom. The molecule has 1 unspecified atom stereocenters. The summed E-state index contributed by atoms with van der Waals surface area (Å²) in [7, 11) is 0. The summed E-state index contributed by atoms with van der Waals surface area (Å²) in [6.07, 6.45) is 7.42. The number of benzene rings is 1. The zero-order valence-corrected chi connectivity index (χ0v) is 18.6. The Morgan fingerprint density at radius 3 is 2.87 bits per heavy atom. The average Bonchev–Trinajstić information content (AvgIpc) is 3.08. The second-order valence-electron chi connectivity index (χ2n) is 9.08. The van der Waals surface area contributed by atoms with Crippen LogP contribution in [0.5, 0.6) is 0 Å². The van der Waals surface area contributed by atoms with E-state index < -0.39 is 6.04 Å². The number of fused-ring (bicyclic) bond motifs is 1. The van der Waals surface area contributed by atoms with Crippen LogP contribution in [0.2, 0.25) is 0 Å². The minimum Gasteiger partial charge on any atom is -0.380 e. The molecule has 0 bridgehead atoms. The molecule has 1 aliphatic carbocycles. The van der Waals surface area contributed by atoms with Gasteiger partial charge in [0.15, 0.2) is 0 Å². The summed E-state index contributed by atoms with van der Waals surface area (Å²) >= 11 is 0. The molecule has 3 aliphatic rings. The van der Waals surface area contributed by atoms with E-state index in [9.17, 15) is 9.59 Å². The topological polar surface area (TPSA) is 70.7 Å². The lowest BCUT2D eigenvalue weighted by Gasteiger charge is -2.32. The maximum absolute atomic E-state index is 12.9. The van der Waals surface area contributed by atoms with E-state index in [1.807, 2.05) is 13.0 Å². The number of carbonyl (C=O) groups excluding carboxylic acids is 2. The van der Waals surface area contributed by atoms with Crippen molar-refractivity contribution in [1.29, 1.82) is 0 Å². The molecule has 31 heavy (non-hydrogen) atoms. The largest absolute Gasteiger partial charge is 0.380 e. The molecule has 6 heteroatoms. The van der Waals surface area contributed by atoms with E-state index in [1.165, 1.54) is 31.2 Å². The van der Waals surface area contributed by atoms with E-state index in [4.69, 9.17) is 4.74 Å². The molecule has 2 aliphatic heterocycles. The minimum atomic E-state index is -0.397. The van der Waals surface area contributed by atoms with Gasteiger partial charge in [-0.25, -0.2) is 0 Å². The fourth-order valence-corrected chi connectivity index (χ4v) is 5.32. The first-order chi connectivity index (χ1) is 15.1. The van der Waals surface area contributed by atoms with Crippen LogP contribution in [0.4, 0.5) is 0 Å². The van der Waals surface area contributed by atoms with Gasteiger partial charge in [-0.1, -0.05) is 31.6 Å². The highest BCUT2D eigenvalue weighted by Crippen LogP contribution is 2.32. The van der Waals surface area contributed by atoms with Crippen LogP contribution in [-0.2, 0) is 22.5 Å². The Balaban J connectivity index is 1.40. The maximum Gasteiger partial charge on any atom is 0.255 e. The zero-order chi connectivity index (χ0) is 21.8. The van der Waals surface area contributed by atoms with Crippen molar-refractivity contribution in [2.45, 2.75) is 70.5 Å². The summed E-state index contributed by atoms with van der Waals surface area (Å²) in [5.41, 5.74) is 3.83. The van der Waals surface area contributed by atoms with E-state index in [0.717, 1.165) is 49.4 Å². The molecule has 1 aromatic rings. The fourth-order valence-electron chi connectivity index (χ4n) is 5.32. The first-order valence-electron chi connectivity index (χ1n) is 11.8. The van der Waals surface area contributed by atoms with Gasteiger partial charge in [-0.15, -0.1) is 0 Å². The number of amides is 2. The standard InChI is InChI=1S/C25H35N3O3/c1-3-31-13-12-26-22-7-5-4-6-19(22)14-18-9-10-21-20(15-18)16-28(25(21)30)23-11-8-17(2)27-24(23)29/h9-10,15,19,22-23,26H,2-8,11-14,16H2,1H3,(H,27,29)/t19-,22+,23?/m1/s1. The third-order valence-electron chi connectivity index (χ3n) is 6.96. The maximum atomic E-state index is 12.9. The Labute approximate surface area is 185 Å². The molecule has 2 fully saturated rings. The Hall–Kier alpha value is -2.18. The van der Waals surface area contributed by atoms with Crippen LogP contribution in [0, 0.1) is 5.92 Å². The monoisotopic (exact) mass is 425 g/mol. The quantitative estimate of drug-likeness (QED) is 0.628. The van der Waals surface area contributed by atoms with E-state index in [1.54, 1.807) is 4.90 Å². The highest BCUT2D eigenvalue weighted by Gasteiger charge is 2.38. The number of carbonyl (C=O) groups is 2. The number of rotatable bonds is 8. The lowest BCUT2D eigenvalue weighted by Crippen LogP contribution is -2.49. The average molecular weight is 426 g/mol. The van der Waals surface area contributed by atoms with Gasteiger partial charge < -0.3 is 20.3 Å². The van der Waals surface area contributed by atoms with Gasteiger partial charge in [0.2, 0.25) is 5.91 Å². The summed E-state index contributed by atoms with van der Waals surface area (Å²) in [5, 5.41) is 6.51. The number of hydrogen-bond acceptors (Lipinski definition) is 4. The van der Waals surface area contributed by atoms with Crippen molar-refractivity contribution >= 4 is 11.8 Å². The van der Waals surface area contributed by atoms with Crippen molar-refractivity contribution in [2.24, 2.45) is 5.92 Å². The van der Waals surface area contributed by atoms with Gasteiger partial charge in [0.05, 0.1) is 6.61 Å². The number of allylic oxidation sites excluding steroid dienone is 1. The normalized spacial score (nSPS) is 26.2. The molecule has 0 radical (unpaired) electrons. The Kier molecular flexibility index (Phi) is 7.08. The van der Waals surface area contributed by atoms with Gasteiger partial charge in [-0.3, -0.25) is 9.59 Å². The van der Waals surface area contributed by atoms with Gasteiger partial charge >= 0.3 is 0 Å². The van der Waals surface area contributed by atoms with Gasteiger partial charge in [0, 0.05) is 37.0 Å². The summed E-state index contributed by atoms with van der Waals surface area (Å²) < 4.78 is 5.48. The first-order valence-corrected chi connectivity index (χ1v) is 11.8. The lowest BCUT2D eigenvalue weighted by molar-refractivity contribution is -0.126. The first kappa shape index (κ1) is 22.0. The molecule has 0 spiro atoms. The van der Waals surface area contributed by atoms with Crippen LogP contribution in [-0.4, -0.2) is 48.6 Å². The predicted molar refractivity (Wildman–Crippen MR) is 121 cm³/mol. The van der Waals surface area contributed by atoms with Crippen molar-refractivity contribution < 1.29 is 14.3 Å². The van der Waals surface area contributed by atoms with Crippen LogP contribution < -0.4 is 10.6 Å². The Morgan fingerprint density at radius 1 is 1.23 bits per heavy atom. The summed E-state index contributed by atoms with van der Waals surface area (Å²) in [4.78, 5) is 27.1. The molecule has 168 valence electrons. The van der Waals surface area contributed by atoms with Crippen LogP contribution in [0.1, 0.15) is 66.9 Å². The highest BCUT2D eigenvalue weighted by molar-refractivity contribution is 6.01. The molecule has 4 rings (SSSR count). The Bertz CT molecular complexity index is 837. The van der Waals surface area contributed by atoms with Crippen molar-refractivity contribution in [2.75, 3.05) is 19.8 Å². The van der Waals surface area contributed by atoms with Crippen molar-refractivity contribution in [3.8, 4) is 0 Å². The molecule has 3 atom stereocenters. The molecule has 1 saturated carbocycles. The molecule has 1 aromatic carbocycles. The number of hydrogen-bond donors (Lipinski definition) is 2. The van der Waals surface area contributed by atoms with Gasteiger partial charge in [-0.05, 0) is 62.1 Å². The van der Waals surface area contributed by atoms with Crippen LogP contribution in [0.3, 0.4) is 0 Å². The number of ether oxygens (including phenoxy) is 1. The zero-order valence-electron chi connectivity index (χ0n) is 18.6. The summed E-state index contributed by atoms with van der Waals surface area (Å²) in [6.45, 7) is 8.81. The van der Waals surface area contributed by atoms with E-state index in [2.05, 4.69) is 29.3 Å². The summed E-state index contributed by atoms with van der Waals surface area (Å²) in [5.74, 6) is 0.472. The second-order valence-corrected chi connectivity index (χ2v) is 9.08. The van der Waals surface area contributed by atoms with Crippen LogP contribution >= 0.6 is 0 Å². The van der Waals surface area contributed by atoms with Crippen molar-refractivity contribution in [3.63, 3.8) is 0 Å². The molecule has 2 N–H and O–H groups in total. The number of nitrogens with zero attached hydrogens (tertiary/aromatic N) is 1. The SMILES string of the molecule is C=C1CCC(N2Cc3cc(C[C@H]4CCCC[C@@H]4NCCOCC)ccc3C2=O)C(=O)N1.